The summed E-state index contributed by atoms with van der Waals surface area (Å²) in [5, 5.41) is 10.1. The van der Waals surface area contributed by atoms with E-state index in [1.54, 1.807) is 0 Å². The quantitative estimate of drug-likeness (QED) is 0.578. The van der Waals surface area contributed by atoms with E-state index in [2.05, 4.69) is 4.90 Å². The standard InChI is InChI=1S/C27H39ClN2O4/c1-2-33-27-23(7-6-18-31)24(20-8-10-21(28)11-9-20)19-25(34-27)26(32)30-16-12-22(13-17-30)29-14-4-3-5-15-29/h8-11,19,22-24,27,31H,2-7,12-18H2,1H3/t23-,24+,27+/m1/s1. The SMILES string of the molecule is CCO[C@H]1OC(C(=O)N2CCC(N3CCCCC3)CC2)=C[C@@H](c2ccc(Cl)cc2)[C@H]1CCCO. The summed E-state index contributed by atoms with van der Waals surface area (Å²) in [6.45, 7) is 6.47. The van der Waals surface area contributed by atoms with Crippen molar-refractivity contribution < 1.29 is 19.4 Å². The number of halogens is 1. The normalized spacial score (nSPS) is 26.7. The molecule has 0 radical (unpaired) electrons. The number of ether oxygens (including phenoxy) is 2. The third-order valence-corrected chi connectivity index (χ3v) is 7.79. The molecule has 1 N–H and O–H groups in total. The van der Waals surface area contributed by atoms with Crippen LogP contribution in [0.5, 0.6) is 0 Å². The number of benzene rings is 1. The van der Waals surface area contributed by atoms with E-state index in [0.717, 1.165) is 37.9 Å². The topological polar surface area (TPSA) is 62.2 Å². The minimum Gasteiger partial charge on any atom is -0.459 e. The molecule has 2 fully saturated rings. The second-order valence-corrected chi connectivity index (χ2v) is 10.1. The number of piperidine rings is 2. The van der Waals surface area contributed by atoms with Gasteiger partial charge in [0.15, 0.2) is 5.76 Å². The summed E-state index contributed by atoms with van der Waals surface area (Å²) >= 11 is 6.14. The zero-order valence-corrected chi connectivity index (χ0v) is 21.1. The average molecular weight is 491 g/mol. The predicted octanol–water partition coefficient (Wildman–Crippen LogP) is 4.57. The third-order valence-electron chi connectivity index (χ3n) is 7.54. The van der Waals surface area contributed by atoms with Gasteiger partial charge in [0.25, 0.3) is 5.91 Å². The molecule has 0 aromatic heterocycles. The number of rotatable bonds is 8. The van der Waals surface area contributed by atoms with Gasteiger partial charge in [-0.3, -0.25) is 4.79 Å². The Morgan fingerprint density at radius 2 is 1.82 bits per heavy atom. The maximum Gasteiger partial charge on any atom is 0.288 e. The summed E-state index contributed by atoms with van der Waals surface area (Å²) in [7, 11) is 0. The molecule has 7 heteroatoms. The summed E-state index contributed by atoms with van der Waals surface area (Å²) in [4.78, 5) is 18.1. The highest BCUT2D eigenvalue weighted by atomic mass is 35.5. The Balaban J connectivity index is 1.51. The fourth-order valence-corrected chi connectivity index (χ4v) is 5.82. The lowest BCUT2D eigenvalue weighted by Crippen LogP contribution is -2.49. The number of aliphatic hydroxyl groups is 1. The molecule has 3 aliphatic rings. The fraction of sp³-hybridized carbons (Fsp3) is 0.667. The highest BCUT2D eigenvalue weighted by Crippen LogP contribution is 2.40. The number of nitrogens with zero attached hydrogens (tertiary/aromatic N) is 2. The Bertz CT molecular complexity index is 816. The third kappa shape index (κ3) is 6.14. The van der Waals surface area contributed by atoms with Gasteiger partial charge in [-0.2, -0.15) is 0 Å². The number of allylic oxidation sites excluding steroid dienone is 1. The van der Waals surface area contributed by atoms with Crippen molar-refractivity contribution in [3.63, 3.8) is 0 Å². The van der Waals surface area contributed by atoms with E-state index in [9.17, 15) is 9.90 Å². The van der Waals surface area contributed by atoms with Crippen LogP contribution in [0.4, 0.5) is 0 Å². The number of carbonyl (C=O) groups is 1. The van der Waals surface area contributed by atoms with Gasteiger partial charge in [-0.05, 0) is 82.3 Å². The van der Waals surface area contributed by atoms with Crippen LogP contribution in [0.2, 0.25) is 5.02 Å². The van der Waals surface area contributed by atoms with Gasteiger partial charge < -0.3 is 24.4 Å². The van der Waals surface area contributed by atoms with Crippen LogP contribution in [0.1, 0.15) is 63.4 Å². The number of amides is 1. The molecule has 1 aromatic rings. The van der Waals surface area contributed by atoms with E-state index in [0.29, 0.717) is 29.9 Å². The van der Waals surface area contributed by atoms with Crippen LogP contribution in [-0.2, 0) is 14.3 Å². The first-order valence-corrected chi connectivity index (χ1v) is 13.4. The Hall–Kier alpha value is -1.60. The van der Waals surface area contributed by atoms with Crippen LogP contribution in [0.25, 0.3) is 0 Å². The molecule has 188 valence electrons. The number of aliphatic hydroxyl groups excluding tert-OH is 1. The van der Waals surface area contributed by atoms with E-state index in [-0.39, 0.29) is 24.3 Å². The fourth-order valence-electron chi connectivity index (χ4n) is 5.70. The van der Waals surface area contributed by atoms with Crippen LogP contribution in [0.15, 0.2) is 36.1 Å². The summed E-state index contributed by atoms with van der Waals surface area (Å²) in [5.74, 6) is 0.310. The first kappa shape index (κ1) is 25.5. The number of hydrogen-bond donors (Lipinski definition) is 1. The zero-order chi connectivity index (χ0) is 23.9. The van der Waals surface area contributed by atoms with Crippen molar-refractivity contribution >= 4 is 17.5 Å². The molecule has 0 spiro atoms. The minimum atomic E-state index is -0.521. The molecule has 0 saturated carbocycles. The van der Waals surface area contributed by atoms with Gasteiger partial charge in [-0.1, -0.05) is 30.2 Å². The van der Waals surface area contributed by atoms with E-state index in [1.807, 2.05) is 42.2 Å². The van der Waals surface area contributed by atoms with Crippen molar-refractivity contribution in [2.75, 3.05) is 39.4 Å². The highest BCUT2D eigenvalue weighted by molar-refractivity contribution is 6.30. The Morgan fingerprint density at radius 1 is 1.12 bits per heavy atom. The van der Waals surface area contributed by atoms with E-state index < -0.39 is 6.29 Å². The molecule has 3 atom stereocenters. The molecular weight excluding hydrogens is 452 g/mol. The maximum atomic E-state index is 13.5. The molecule has 4 rings (SSSR count). The summed E-state index contributed by atoms with van der Waals surface area (Å²) in [5.41, 5.74) is 1.08. The largest absolute Gasteiger partial charge is 0.459 e. The van der Waals surface area contributed by atoms with Crippen LogP contribution in [-0.4, -0.2) is 72.5 Å². The van der Waals surface area contributed by atoms with Crippen molar-refractivity contribution in [3.8, 4) is 0 Å². The van der Waals surface area contributed by atoms with Gasteiger partial charge in [0.05, 0.1) is 0 Å². The summed E-state index contributed by atoms with van der Waals surface area (Å²) < 4.78 is 12.2. The van der Waals surface area contributed by atoms with Crippen molar-refractivity contribution in [3.05, 3.63) is 46.7 Å². The Kier molecular flexibility index (Phi) is 9.29. The number of hydrogen-bond acceptors (Lipinski definition) is 5. The van der Waals surface area contributed by atoms with E-state index >= 15 is 0 Å². The predicted molar refractivity (Wildman–Crippen MR) is 134 cm³/mol. The van der Waals surface area contributed by atoms with Crippen molar-refractivity contribution in [1.82, 2.24) is 9.80 Å². The highest BCUT2D eigenvalue weighted by Gasteiger charge is 2.39. The molecule has 34 heavy (non-hydrogen) atoms. The van der Waals surface area contributed by atoms with Gasteiger partial charge in [0.2, 0.25) is 6.29 Å². The molecule has 0 bridgehead atoms. The molecule has 1 amide bonds. The lowest BCUT2D eigenvalue weighted by atomic mass is 9.80. The van der Waals surface area contributed by atoms with E-state index in [1.165, 1.54) is 32.4 Å². The average Bonchev–Trinajstić information content (AvgIpc) is 2.88. The minimum absolute atomic E-state index is 0.00895. The van der Waals surface area contributed by atoms with Crippen LogP contribution in [0.3, 0.4) is 0 Å². The van der Waals surface area contributed by atoms with Gasteiger partial charge in [0, 0.05) is 49.2 Å². The lowest BCUT2D eigenvalue weighted by molar-refractivity contribution is -0.171. The Labute approximate surface area is 208 Å². The Morgan fingerprint density at radius 3 is 2.47 bits per heavy atom. The second-order valence-electron chi connectivity index (χ2n) is 9.70. The van der Waals surface area contributed by atoms with Gasteiger partial charge in [-0.15, -0.1) is 0 Å². The maximum absolute atomic E-state index is 13.5. The van der Waals surface area contributed by atoms with Gasteiger partial charge in [-0.25, -0.2) is 0 Å². The molecule has 0 aliphatic carbocycles. The number of carbonyl (C=O) groups excluding carboxylic acids is 1. The van der Waals surface area contributed by atoms with Crippen LogP contribution >= 0.6 is 11.6 Å². The van der Waals surface area contributed by atoms with Gasteiger partial charge >= 0.3 is 0 Å². The lowest BCUT2D eigenvalue weighted by Gasteiger charge is -2.41. The first-order chi connectivity index (χ1) is 16.6. The van der Waals surface area contributed by atoms with Crippen molar-refractivity contribution in [2.45, 2.75) is 70.1 Å². The van der Waals surface area contributed by atoms with E-state index in [4.69, 9.17) is 21.1 Å². The molecule has 3 heterocycles. The second kappa shape index (κ2) is 12.4. The zero-order valence-electron chi connectivity index (χ0n) is 20.3. The number of likely N-dealkylation sites (tertiary alicyclic amines) is 2. The van der Waals surface area contributed by atoms with Crippen LogP contribution in [0, 0.1) is 5.92 Å². The molecule has 3 aliphatic heterocycles. The molecular formula is C27H39ClN2O4. The monoisotopic (exact) mass is 490 g/mol. The molecule has 6 nitrogen and oxygen atoms in total. The van der Waals surface area contributed by atoms with Crippen molar-refractivity contribution in [1.29, 1.82) is 0 Å². The summed E-state index contributed by atoms with van der Waals surface area (Å²) in [6.07, 6.45) is 8.82. The molecule has 0 unspecified atom stereocenters. The molecule has 1 aromatic carbocycles. The smallest absolute Gasteiger partial charge is 0.288 e. The van der Waals surface area contributed by atoms with Gasteiger partial charge in [0.1, 0.15) is 0 Å². The first-order valence-electron chi connectivity index (χ1n) is 13.0. The van der Waals surface area contributed by atoms with Crippen molar-refractivity contribution in [2.24, 2.45) is 5.92 Å². The molecule has 2 saturated heterocycles. The summed E-state index contributed by atoms with van der Waals surface area (Å²) in [6, 6.07) is 8.37. The van der Waals surface area contributed by atoms with Crippen LogP contribution < -0.4 is 0 Å².